The number of sulfonamides is 1. The molecule has 2 aromatic rings. The summed E-state index contributed by atoms with van der Waals surface area (Å²) < 4.78 is 69.8. The molecule has 0 bridgehead atoms. The largest absolute Gasteiger partial charge is 0.465 e. The molecule has 5 nitrogen and oxygen atoms in total. The number of halogens is 4. The first-order chi connectivity index (χ1) is 11.5. The van der Waals surface area contributed by atoms with Gasteiger partial charge < -0.3 is 4.74 Å². The number of hydrogen-bond acceptors (Lipinski definition) is 4. The maximum Gasteiger partial charge on any atom is 0.416 e. The van der Waals surface area contributed by atoms with E-state index in [-0.39, 0.29) is 16.1 Å². The molecule has 0 spiro atoms. The van der Waals surface area contributed by atoms with Gasteiger partial charge in [0.05, 0.1) is 23.1 Å². The van der Waals surface area contributed by atoms with Crippen molar-refractivity contribution in [2.45, 2.75) is 11.1 Å². The number of carbonyl (C=O) groups excluding carboxylic acids is 1. The van der Waals surface area contributed by atoms with E-state index in [9.17, 15) is 26.4 Å². The van der Waals surface area contributed by atoms with Crippen LogP contribution >= 0.6 is 15.9 Å². The lowest BCUT2D eigenvalue weighted by Crippen LogP contribution is -2.15. The van der Waals surface area contributed by atoms with E-state index in [4.69, 9.17) is 0 Å². The molecule has 134 valence electrons. The number of hydrogen-bond donors (Lipinski definition) is 1. The predicted octanol–water partition coefficient (Wildman–Crippen LogP) is 4.06. The lowest BCUT2D eigenvalue weighted by molar-refractivity contribution is -0.137. The Labute approximate surface area is 150 Å². The van der Waals surface area contributed by atoms with Crippen molar-refractivity contribution in [1.82, 2.24) is 0 Å². The monoisotopic (exact) mass is 437 g/mol. The first-order valence-electron chi connectivity index (χ1n) is 6.62. The van der Waals surface area contributed by atoms with Gasteiger partial charge in [-0.2, -0.15) is 13.2 Å². The maximum atomic E-state index is 12.7. The summed E-state index contributed by atoms with van der Waals surface area (Å²) in [4.78, 5) is 11.3. The van der Waals surface area contributed by atoms with Crippen molar-refractivity contribution in [3.05, 3.63) is 58.1 Å². The molecule has 0 heterocycles. The van der Waals surface area contributed by atoms with Gasteiger partial charge in [-0.3, -0.25) is 4.72 Å². The van der Waals surface area contributed by atoms with Crippen LogP contribution in [0.15, 0.2) is 51.8 Å². The van der Waals surface area contributed by atoms with Gasteiger partial charge in [0.25, 0.3) is 10.0 Å². The molecule has 0 aliphatic heterocycles. The topological polar surface area (TPSA) is 72.5 Å². The number of alkyl halides is 3. The van der Waals surface area contributed by atoms with E-state index in [0.29, 0.717) is 10.5 Å². The van der Waals surface area contributed by atoms with Crippen LogP contribution in [0, 0.1) is 0 Å². The Morgan fingerprint density at radius 2 is 1.84 bits per heavy atom. The number of esters is 1. The summed E-state index contributed by atoms with van der Waals surface area (Å²) in [5, 5.41) is 0. The van der Waals surface area contributed by atoms with Crippen LogP contribution in [0.4, 0.5) is 18.9 Å². The molecular weight excluding hydrogens is 427 g/mol. The van der Waals surface area contributed by atoms with E-state index in [1.807, 2.05) is 0 Å². The number of anilines is 1. The summed E-state index contributed by atoms with van der Waals surface area (Å²) in [6.07, 6.45) is -4.60. The molecule has 2 aromatic carbocycles. The molecule has 0 amide bonds. The van der Waals surface area contributed by atoms with Crippen molar-refractivity contribution in [3.8, 4) is 0 Å². The van der Waals surface area contributed by atoms with Crippen molar-refractivity contribution >= 4 is 37.6 Å². The fourth-order valence-electron chi connectivity index (χ4n) is 1.91. The van der Waals surface area contributed by atoms with Gasteiger partial charge in [0.2, 0.25) is 0 Å². The second-order valence-corrected chi connectivity index (χ2v) is 7.35. The zero-order valence-corrected chi connectivity index (χ0v) is 15.0. The van der Waals surface area contributed by atoms with Crippen LogP contribution < -0.4 is 4.72 Å². The van der Waals surface area contributed by atoms with E-state index in [1.54, 1.807) is 0 Å². The van der Waals surface area contributed by atoms with Gasteiger partial charge in [-0.25, -0.2) is 13.2 Å². The third kappa shape index (κ3) is 4.51. The summed E-state index contributed by atoms with van der Waals surface area (Å²) in [7, 11) is -3.07. The Bertz CT molecular complexity index is 913. The highest BCUT2D eigenvalue weighted by Crippen LogP contribution is 2.31. The highest BCUT2D eigenvalue weighted by molar-refractivity contribution is 9.10. The molecule has 0 aromatic heterocycles. The third-order valence-corrected chi connectivity index (χ3v) is 5.17. The lowest BCUT2D eigenvalue weighted by Gasteiger charge is -2.12. The summed E-state index contributed by atoms with van der Waals surface area (Å²) in [5.74, 6) is -0.761. The van der Waals surface area contributed by atoms with Gasteiger partial charge in [-0.1, -0.05) is 6.07 Å². The van der Waals surface area contributed by atoms with E-state index in [0.717, 1.165) is 25.3 Å². The van der Waals surface area contributed by atoms with Crippen LogP contribution in [0.2, 0.25) is 0 Å². The summed E-state index contributed by atoms with van der Waals surface area (Å²) >= 11 is 3.10. The highest BCUT2D eigenvalue weighted by Gasteiger charge is 2.30. The first kappa shape index (κ1) is 19.3. The zero-order chi connectivity index (χ0) is 18.8. The number of ether oxygens (including phenoxy) is 1. The Balaban J connectivity index is 2.39. The quantitative estimate of drug-likeness (QED) is 0.732. The van der Waals surface area contributed by atoms with Crippen LogP contribution in [-0.2, 0) is 20.9 Å². The van der Waals surface area contributed by atoms with Gasteiger partial charge in [0, 0.05) is 10.2 Å². The van der Waals surface area contributed by atoms with E-state index >= 15 is 0 Å². The predicted molar refractivity (Wildman–Crippen MR) is 87.7 cm³/mol. The molecular formula is C15H11BrF3NO4S. The summed E-state index contributed by atoms with van der Waals surface area (Å²) in [5.41, 5.74) is -1.27. The van der Waals surface area contributed by atoms with E-state index < -0.39 is 27.7 Å². The highest BCUT2D eigenvalue weighted by atomic mass is 79.9. The van der Waals surface area contributed by atoms with Gasteiger partial charge in [0.1, 0.15) is 0 Å². The van der Waals surface area contributed by atoms with Crippen LogP contribution in [0.25, 0.3) is 0 Å². The number of nitrogens with one attached hydrogen (secondary N) is 1. The Kier molecular flexibility index (Phi) is 5.43. The number of methoxy groups -OCH3 is 1. The normalized spacial score (nSPS) is 11.9. The SMILES string of the molecule is COC(=O)c1cc(S(=O)(=O)Nc2cccc(C(F)(F)F)c2)ccc1Br. The summed E-state index contributed by atoms with van der Waals surface area (Å²) in [6, 6.07) is 7.37. The molecule has 0 aliphatic carbocycles. The molecule has 0 unspecified atom stereocenters. The van der Waals surface area contributed by atoms with Crippen LogP contribution in [0.5, 0.6) is 0 Å². The molecule has 0 radical (unpaired) electrons. The smallest absolute Gasteiger partial charge is 0.416 e. The number of rotatable bonds is 4. The molecule has 10 heteroatoms. The second-order valence-electron chi connectivity index (χ2n) is 4.82. The fourth-order valence-corrected chi connectivity index (χ4v) is 3.39. The van der Waals surface area contributed by atoms with Crippen LogP contribution in [0.3, 0.4) is 0 Å². The molecule has 1 N–H and O–H groups in total. The van der Waals surface area contributed by atoms with E-state index in [2.05, 4.69) is 25.4 Å². The minimum atomic E-state index is -4.60. The summed E-state index contributed by atoms with van der Waals surface area (Å²) in [6.45, 7) is 0. The van der Waals surface area contributed by atoms with Crippen molar-refractivity contribution in [2.24, 2.45) is 0 Å². The average Bonchev–Trinajstić information content (AvgIpc) is 2.53. The molecule has 0 atom stereocenters. The van der Waals surface area contributed by atoms with Gasteiger partial charge in [-0.05, 0) is 52.3 Å². The average molecular weight is 438 g/mol. The fraction of sp³-hybridized carbons (Fsp3) is 0.133. The minimum Gasteiger partial charge on any atom is -0.465 e. The Morgan fingerprint density at radius 1 is 1.16 bits per heavy atom. The van der Waals surface area contributed by atoms with Crippen molar-refractivity contribution in [3.63, 3.8) is 0 Å². The third-order valence-electron chi connectivity index (χ3n) is 3.10. The maximum absolute atomic E-state index is 12.7. The number of benzene rings is 2. The zero-order valence-electron chi connectivity index (χ0n) is 12.6. The van der Waals surface area contributed by atoms with Crippen molar-refractivity contribution in [2.75, 3.05) is 11.8 Å². The molecule has 0 saturated heterocycles. The molecule has 0 saturated carbocycles. The molecule has 0 fully saturated rings. The molecule has 2 rings (SSSR count). The van der Waals surface area contributed by atoms with E-state index in [1.165, 1.54) is 18.2 Å². The van der Waals surface area contributed by atoms with Gasteiger partial charge >= 0.3 is 12.1 Å². The number of carbonyl (C=O) groups is 1. The van der Waals surface area contributed by atoms with Crippen molar-refractivity contribution in [1.29, 1.82) is 0 Å². The Hall–Kier alpha value is -2.07. The molecule has 25 heavy (non-hydrogen) atoms. The lowest BCUT2D eigenvalue weighted by atomic mass is 10.2. The van der Waals surface area contributed by atoms with Crippen LogP contribution in [0.1, 0.15) is 15.9 Å². The van der Waals surface area contributed by atoms with Crippen LogP contribution in [-0.4, -0.2) is 21.5 Å². The Morgan fingerprint density at radius 3 is 2.44 bits per heavy atom. The van der Waals surface area contributed by atoms with Crippen molar-refractivity contribution < 1.29 is 31.1 Å². The molecule has 0 aliphatic rings. The van der Waals surface area contributed by atoms with Gasteiger partial charge in [0.15, 0.2) is 0 Å². The standard InChI is InChI=1S/C15H11BrF3NO4S/c1-24-14(21)12-8-11(5-6-13(12)16)25(22,23)20-10-4-2-3-9(7-10)15(17,18)19/h2-8,20H,1H3. The first-order valence-corrected chi connectivity index (χ1v) is 8.90. The second kappa shape index (κ2) is 7.04. The van der Waals surface area contributed by atoms with Gasteiger partial charge in [-0.15, -0.1) is 0 Å². The minimum absolute atomic E-state index is 0.0329.